The minimum atomic E-state index is -0.507. The third kappa shape index (κ3) is 3.20. The van der Waals surface area contributed by atoms with Crippen molar-refractivity contribution in [1.82, 2.24) is 4.98 Å². The van der Waals surface area contributed by atoms with Crippen molar-refractivity contribution < 1.29 is 9.18 Å². The molecule has 0 unspecified atom stereocenters. The molecule has 2 rings (SSSR count). The maximum Gasteiger partial charge on any atom is 0.255 e. The lowest BCUT2D eigenvalue weighted by molar-refractivity contribution is 0.102. The molecule has 3 N–H and O–H groups in total. The van der Waals surface area contributed by atoms with Gasteiger partial charge in [-0.1, -0.05) is 17.7 Å². The highest BCUT2D eigenvalue weighted by Crippen LogP contribution is 2.18. The van der Waals surface area contributed by atoms with E-state index in [-0.39, 0.29) is 22.2 Å². The fourth-order valence-corrected chi connectivity index (χ4v) is 1.79. The number of benzene rings is 1. The van der Waals surface area contributed by atoms with Gasteiger partial charge >= 0.3 is 0 Å². The minimum Gasteiger partial charge on any atom is -0.384 e. The molecule has 0 atom stereocenters. The molecule has 0 saturated heterocycles. The zero-order valence-corrected chi connectivity index (χ0v) is 10.8. The highest BCUT2D eigenvalue weighted by molar-refractivity contribution is 6.30. The van der Waals surface area contributed by atoms with Crippen LogP contribution in [0.15, 0.2) is 30.3 Å². The molecule has 19 heavy (non-hydrogen) atoms. The van der Waals surface area contributed by atoms with E-state index < -0.39 is 11.7 Å². The fraction of sp³-hybridized carbons (Fsp3) is 0.0769. The van der Waals surface area contributed by atoms with Crippen LogP contribution >= 0.6 is 11.6 Å². The number of halogens is 2. The van der Waals surface area contributed by atoms with Gasteiger partial charge in [0, 0.05) is 5.56 Å². The maximum absolute atomic E-state index is 13.5. The van der Waals surface area contributed by atoms with Crippen LogP contribution in [0.2, 0.25) is 5.15 Å². The van der Waals surface area contributed by atoms with Gasteiger partial charge in [-0.05, 0) is 36.8 Å². The molecule has 1 heterocycles. The van der Waals surface area contributed by atoms with E-state index >= 15 is 0 Å². The molecule has 0 fully saturated rings. The van der Waals surface area contributed by atoms with Crippen LogP contribution in [0, 0.1) is 12.7 Å². The van der Waals surface area contributed by atoms with Gasteiger partial charge in [-0.2, -0.15) is 0 Å². The quantitative estimate of drug-likeness (QED) is 0.830. The van der Waals surface area contributed by atoms with Crippen LogP contribution in [0.25, 0.3) is 0 Å². The molecule has 6 heteroatoms. The Kier molecular flexibility index (Phi) is 3.66. The Morgan fingerprint density at radius 2 is 2.11 bits per heavy atom. The van der Waals surface area contributed by atoms with Crippen molar-refractivity contribution >= 4 is 29.0 Å². The van der Waals surface area contributed by atoms with E-state index in [4.69, 9.17) is 17.3 Å². The monoisotopic (exact) mass is 279 g/mol. The summed E-state index contributed by atoms with van der Waals surface area (Å²) in [5, 5.41) is 2.57. The molecule has 0 bridgehead atoms. The summed E-state index contributed by atoms with van der Waals surface area (Å²) >= 11 is 5.71. The molecule has 0 aliphatic carbocycles. The molecular formula is C13H11ClFN3O. The molecule has 0 aliphatic rings. The SMILES string of the molecule is Cc1ccc(F)c(NC(=O)c2cc(N)nc(Cl)c2)c1. The highest BCUT2D eigenvalue weighted by Gasteiger charge is 2.11. The van der Waals surface area contributed by atoms with Gasteiger partial charge < -0.3 is 11.1 Å². The van der Waals surface area contributed by atoms with Gasteiger partial charge in [-0.25, -0.2) is 9.37 Å². The lowest BCUT2D eigenvalue weighted by atomic mass is 10.2. The van der Waals surface area contributed by atoms with Gasteiger partial charge in [0.25, 0.3) is 5.91 Å². The Labute approximate surface area is 114 Å². The molecular weight excluding hydrogens is 269 g/mol. The number of nitrogens with zero attached hydrogens (tertiary/aromatic N) is 1. The summed E-state index contributed by atoms with van der Waals surface area (Å²) < 4.78 is 13.5. The van der Waals surface area contributed by atoms with Gasteiger partial charge in [0.1, 0.15) is 16.8 Å². The van der Waals surface area contributed by atoms with Crippen LogP contribution in [0.3, 0.4) is 0 Å². The van der Waals surface area contributed by atoms with Crippen LogP contribution in [-0.2, 0) is 0 Å². The van der Waals surface area contributed by atoms with E-state index in [1.165, 1.54) is 18.2 Å². The number of nitrogen functional groups attached to an aromatic ring is 1. The molecule has 1 amide bonds. The van der Waals surface area contributed by atoms with Crippen LogP contribution < -0.4 is 11.1 Å². The highest BCUT2D eigenvalue weighted by atomic mass is 35.5. The topological polar surface area (TPSA) is 68.0 Å². The fourth-order valence-electron chi connectivity index (χ4n) is 1.58. The number of aryl methyl sites for hydroxylation is 1. The summed E-state index contributed by atoms with van der Waals surface area (Å²) in [7, 11) is 0. The number of nitrogens with two attached hydrogens (primary N) is 1. The second kappa shape index (κ2) is 5.24. The standard InChI is InChI=1S/C13H11ClFN3O/c1-7-2-3-9(15)10(4-7)17-13(19)8-5-11(14)18-12(16)6-8/h2-6H,1H3,(H2,16,18)(H,17,19). The predicted octanol–water partition coefficient (Wildman–Crippen LogP) is 3.02. The van der Waals surface area contributed by atoms with E-state index in [2.05, 4.69) is 10.3 Å². The lowest BCUT2D eigenvalue weighted by Crippen LogP contribution is -2.14. The number of nitrogens with one attached hydrogen (secondary N) is 1. The largest absolute Gasteiger partial charge is 0.384 e. The van der Waals surface area contributed by atoms with Crippen molar-refractivity contribution in [2.45, 2.75) is 6.92 Å². The average Bonchev–Trinajstić information content (AvgIpc) is 2.32. The summed E-state index contributed by atoms with van der Waals surface area (Å²) in [5.41, 5.74) is 6.66. The van der Waals surface area contributed by atoms with Gasteiger partial charge in [0.05, 0.1) is 5.69 Å². The second-order valence-electron chi connectivity index (χ2n) is 4.04. The van der Waals surface area contributed by atoms with Crippen LogP contribution in [0.4, 0.5) is 15.9 Å². The Bertz CT molecular complexity index is 626. The normalized spacial score (nSPS) is 10.3. The Balaban J connectivity index is 2.28. The molecule has 0 aliphatic heterocycles. The lowest BCUT2D eigenvalue weighted by Gasteiger charge is -2.08. The number of hydrogen-bond acceptors (Lipinski definition) is 3. The van der Waals surface area contributed by atoms with Crippen molar-refractivity contribution in [3.05, 3.63) is 52.4 Å². The first-order valence-corrected chi connectivity index (χ1v) is 5.84. The van der Waals surface area contributed by atoms with Crippen molar-refractivity contribution in [2.24, 2.45) is 0 Å². The number of hydrogen-bond donors (Lipinski definition) is 2. The van der Waals surface area contributed by atoms with E-state index in [1.54, 1.807) is 19.1 Å². The predicted molar refractivity (Wildman–Crippen MR) is 72.7 cm³/mol. The average molecular weight is 280 g/mol. The van der Waals surface area contributed by atoms with E-state index in [9.17, 15) is 9.18 Å². The summed E-state index contributed by atoms with van der Waals surface area (Å²) in [6, 6.07) is 7.18. The van der Waals surface area contributed by atoms with Gasteiger partial charge in [0.15, 0.2) is 0 Å². The maximum atomic E-state index is 13.5. The number of rotatable bonds is 2. The van der Waals surface area contributed by atoms with Crippen LogP contribution in [0.5, 0.6) is 0 Å². The van der Waals surface area contributed by atoms with Crippen molar-refractivity contribution in [3.63, 3.8) is 0 Å². The minimum absolute atomic E-state index is 0.106. The molecule has 0 saturated carbocycles. The number of anilines is 2. The van der Waals surface area contributed by atoms with Gasteiger partial charge in [-0.3, -0.25) is 4.79 Å². The van der Waals surface area contributed by atoms with Crippen LogP contribution in [-0.4, -0.2) is 10.9 Å². The summed E-state index contributed by atoms with van der Waals surface area (Å²) in [5.74, 6) is -0.880. The summed E-state index contributed by atoms with van der Waals surface area (Å²) in [6.45, 7) is 1.80. The number of aromatic nitrogens is 1. The first-order chi connectivity index (χ1) is 8.95. The smallest absolute Gasteiger partial charge is 0.255 e. The van der Waals surface area contributed by atoms with Crippen molar-refractivity contribution in [2.75, 3.05) is 11.1 Å². The number of carbonyl (C=O) groups excluding carboxylic acids is 1. The first kappa shape index (κ1) is 13.3. The zero-order chi connectivity index (χ0) is 14.0. The summed E-state index contributed by atoms with van der Waals surface area (Å²) in [4.78, 5) is 15.7. The molecule has 4 nitrogen and oxygen atoms in total. The number of pyridine rings is 1. The zero-order valence-electron chi connectivity index (χ0n) is 10.1. The molecule has 1 aromatic carbocycles. The Morgan fingerprint density at radius 3 is 2.79 bits per heavy atom. The molecule has 0 radical (unpaired) electrons. The first-order valence-electron chi connectivity index (χ1n) is 5.46. The van der Waals surface area contributed by atoms with Gasteiger partial charge in [-0.15, -0.1) is 0 Å². The Hall–Kier alpha value is -2.14. The van der Waals surface area contributed by atoms with Crippen molar-refractivity contribution in [3.8, 4) is 0 Å². The van der Waals surface area contributed by atoms with E-state index in [0.717, 1.165) is 5.56 Å². The van der Waals surface area contributed by atoms with Gasteiger partial charge in [0.2, 0.25) is 0 Å². The van der Waals surface area contributed by atoms with Crippen molar-refractivity contribution in [1.29, 1.82) is 0 Å². The third-order valence-corrected chi connectivity index (χ3v) is 2.64. The van der Waals surface area contributed by atoms with E-state index in [0.29, 0.717) is 0 Å². The second-order valence-corrected chi connectivity index (χ2v) is 4.43. The molecule has 1 aromatic heterocycles. The molecule has 2 aromatic rings. The third-order valence-electron chi connectivity index (χ3n) is 2.45. The molecule has 98 valence electrons. The van der Waals surface area contributed by atoms with E-state index in [1.807, 2.05) is 0 Å². The molecule has 0 spiro atoms. The Morgan fingerprint density at radius 1 is 1.37 bits per heavy atom. The van der Waals surface area contributed by atoms with Crippen LogP contribution in [0.1, 0.15) is 15.9 Å². The number of amides is 1. The summed E-state index contributed by atoms with van der Waals surface area (Å²) in [6.07, 6.45) is 0. The number of carbonyl (C=O) groups is 1.